The standard InChI is InChI=1S/C17H18N2O2/c1-13-7-6-8-14(11-13)12-18-19-17(20)16(21-2)15-9-4-3-5-10-15/h3-12,16H,1-2H3,(H,19,20)/t16-/m1/s1. The summed E-state index contributed by atoms with van der Waals surface area (Å²) < 4.78 is 5.23. The molecule has 0 aliphatic heterocycles. The van der Waals surface area contributed by atoms with Gasteiger partial charge in [-0.05, 0) is 18.1 Å². The average molecular weight is 282 g/mol. The Bertz CT molecular complexity index is 624. The van der Waals surface area contributed by atoms with E-state index >= 15 is 0 Å². The van der Waals surface area contributed by atoms with Gasteiger partial charge in [0, 0.05) is 7.11 Å². The van der Waals surface area contributed by atoms with Gasteiger partial charge in [0.2, 0.25) is 0 Å². The number of aryl methyl sites for hydroxylation is 1. The molecule has 0 bridgehead atoms. The van der Waals surface area contributed by atoms with Crippen LogP contribution in [0.2, 0.25) is 0 Å². The SMILES string of the molecule is CO[C@@H](C(=O)NN=Cc1cccc(C)c1)c1ccccc1. The Morgan fingerprint density at radius 3 is 2.62 bits per heavy atom. The van der Waals surface area contributed by atoms with Gasteiger partial charge < -0.3 is 4.74 Å². The van der Waals surface area contributed by atoms with Gasteiger partial charge in [-0.2, -0.15) is 5.10 Å². The van der Waals surface area contributed by atoms with Crippen molar-refractivity contribution >= 4 is 12.1 Å². The molecule has 2 aromatic rings. The summed E-state index contributed by atoms with van der Waals surface area (Å²) >= 11 is 0. The number of hydrazone groups is 1. The quantitative estimate of drug-likeness (QED) is 0.677. The van der Waals surface area contributed by atoms with E-state index in [0.717, 1.165) is 16.7 Å². The van der Waals surface area contributed by atoms with Crippen LogP contribution in [0.15, 0.2) is 59.7 Å². The number of benzene rings is 2. The fraction of sp³-hybridized carbons (Fsp3) is 0.176. The summed E-state index contributed by atoms with van der Waals surface area (Å²) in [4.78, 5) is 12.1. The van der Waals surface area contributed by atoms with E-state index in [4.69, 9.17) is 4.74 Å². The maximum absolute atomic E-state index is 12.1. The maximum Gasteiger partial charge on any atom is 0.273 e. The Morgan fingerprint density at radius 2 is 1.95 bits per heavy atom. The van der Waals surface area contributed by atoms with Gasteiger partial charge in [0.15, 0.2) is 6.10 Å². The van der Waals surface area contributed by atoms with Crippen molar-refractivity contribution in [1.29, 1.82) is 0 Å². The minimum atomic E-state index is -0.666. The normalized spacial score (nSPS) is 12.3. The van der Waals surface area contributed by atoms with Gasteiger partial charge in [0.05, 0.1) is 6.21 Å². The summed E-state index contributed by atoms with van der Waals surface area (Å²) in [5, 5.41) is 3.97. The summed E-state index contributed by atoms with van der Waals surface area (Å²) in [6, 6.07) is 17.2. The molecule has 4 nitrogen and oxygen atoms in total. The lowest BCUT2D eigenvalue weighted by Gasteiger charge is -2.13. The van der Waals surface area contributed by atoms with Crippen molar-refractivity contribution in [2.24, 2.45) is 5.10 Å². The number of ether oxygens (including phenoxy) is 1. The molecule has 0 aliphatic rings. The Kier molecular flexibility index (Phi) is 5.23. The monoisotopic (exact) mass is 282 g/mol. The van der Waals surface area contributed by atoms with E-state index in [0.29, 0.717) is 0 Å². The zero-order valence-corrected chi connectivity index (χ0v) is 12.1. The summed E-state index contributed by atoms with van der Waals surface area (Å²) in [5.41, 5.74) is 5.38. The van der Waals surface area contributed by atoms with Crippen molar-refractivity contribution < 1.29 is 9.53 Å². The molecule has 108 valence electrons. The van der Waals surface area contributed by atoms with Crippen LogP contribution in [-0.2, 0) is 9.53 Å². The van der Waals surface area contributed by atoms with Crippen molar-refractivity contribution in [2.45, 2.75) is 13.0 Å². The van der Waals surface area contributed by atoms with Crippen molar-refractivity contribution in [3.05, 3.63) is 71.3 Å². The second kappa shape index (κ2) is 7.36. The van der Waals surface area contributed by atoms with E-state index in [1.54, 1.807) is 6.21 Å². The topological polar surface area (TPSA) is 50.7 Å². The van der Waals surface area contributed by atoms with Crippen LogP contribution in [0.4, 0.5) is 0 Å². The van der Waals surface area contributed by atoms with Gasteiger partial charge in [0.25, 0.3) is 5.91 Å². The molecule has 0 aromatic heterocycles. The number of hydrogen-bond acceptors (Lipinski definition) is 3. The Labute approximate surface area is 124 Å². The van der Waals surface area contributed by atoms with Crippen LogP contribution in [-0.4, -0.2) is 19.2 Å². The van der Waals surface area contributed by atoms with E-state index in [1.807, 2.05) is 61.5 Å². The zero-order chi connectivity index (χ0) is 15.1. The summed E-state index contributed by atoms with van der Waals surface area (Å²) in [7, 11) is 1.50. The minimum Gasteiger partial charge on any atom is -0.367 e. The summed E-state index contributed by atoms with van der Waals surface area (Å²) in [5.74, 6) is -0.299. The molecule has 0 fully saturated rings. The highest BCUT2D eigenvalue weighted by Gasteiger charge is 2.18. The number of hydrogen-bond donors (Lipinski definition) is 1. The van der Waals surface area contributed by atoms with E-state index in [1.165, 1.54) is 7.11 Å². The lowest BCUT2D eigenvalue weighted by atomic mass is 10.1. The zero-order valence-electron chi connectivity index (χ0n) is 12.1. The van der Waals surface area contributed by atoms with Gasteiger partial charge >= 0.3 is 0 Å². The van der Waals surface area contributed by atoms with Gasteiger partial charge in [-0.25, -0.2) is 5.43 Å². The smallest absolute Gasteiger partial charge is 0.273 e. The lowest BCUT2D eigenvalue weighted by Crippen LogP contribution is -2.26. The van der Waals surface area contributed by atoms with Crippen LogP contribution >= 0.6 is 0 Å². The Morgan fingerprint density at radius 1 is 1.19 bits per heavy atom. The molecule has 0 saturated heterocycles. The predicted octanol–water partition coefficient (Wildman–Crippen LogP) is 2.83. The van der Waals surface area contributed by atoms with Crippen molar-refractivity contribution in [2.75, 3.05) is 7.11 Å². The molecule has 2 rings (SSSR count). The predicted molar refractivity (Wildman–Crippen MR) is 83.1 cm³/mol. The Hall–Kier alpha value is -2.46. The largest absolute Gasteiger partial charge is 0.367 e. The van der Waals surface area contributed by atoms with Crippen LogP contribution in [0.25, 0.3) is 0 Å². The highest BCUT2D eigenvalue weighted by Crippen LogP contribution is 2.15. The van der Waals surface area contributed by atoms with Crippen molar-refractivity contribution in [3.63, 3.8) is 0 Å². The van der Waals surface area contributed by atoms with Gasteiger partial charge in [0.1, 0.15) is 0 Å². The molecule has 1 N–H and O–H groups in total. The first-order chi connectivity index (χ1) is 10.2. The molecule has 0 saturated carbocycles. The van der Waals surface area contributed by atoms with Crippen LogP contribution in [0.1, 0.15) is 22.8 Å². The third-order valence-electron chi connectivity index (χ3n) is 3.01. The molecule has 1 amide bonds. The van der Waals surface area contributed by atoms with Crippen LogP contribution in [0.5, 0.6) is 0 Å². The second-order valence-corrected chi connectivity index (χ2v) is 4.67. The summed E-state index contributed by atoms with van der Waals surface area (Å²) in [6.07, 6.45) is 0.948. The molecule has 1 atom stereocenters. The molecular formula is C17H18N2O2. The molecule has 2 aromatic carbocycles. The number of carbonyl (C=O) groups is 1. The van der Waals surface area contributed by atoms with E-state index in [-0.39, 0.29) is 5.91 Å². The van der Waals surface area contributed by atoms with E-state index in [2.05, 4.69) is 10.5 Å². The maximum atomic E-state index is 12.1. The molecule has 0 unspecified atom stereocenters. The van der Waals surface area contributed by atoms with Crippen molar-refractivity contribution in [3.8, 4) is 0 Å². The number of methoxy groups -OCH3 is 1. The first kappa shape index (κ1) is 14.9. The molecule has 0 radical (unpaired) electrons. The van der Waals surface area contributed by atoms with Gasteiger partial charge in [-0.3, -0.25) is 4.79 Å². The van der Waals surface area contributed by atoms with Crippen LogP contribution in [0, 0.1) is 6.92 Å². The number of carbonyl (C=O) groups excluding carboxylic acids is 1. The van der Waals surface area contributed by atoms with Crippen molar-refractivity contribution in [1.82, 2.24) is 5.43 Å². The highest BCUT2D eigenvalue weighted by molar-refractivity contribution is 5.85. The minimum absolute atomic E-state index is 0.299. The molecule has 4 heteroatoms. The van der Waals surface area contributed by atoms with E-state index in [9.17, 15) is 4.79 Å². The lowest BCUT2D eigenvalue weighted by molar-refractivity contribution is -0.131. The van der Waals surface area contributed by atoms with Crippen LogP contribution < -0.4 is 5.43 Å². The number of nitrogens with one attached hydrogen (secondary N) is 1. The fourth-order valence-corrected chi connectivity index (χ4v) is 2.00. The molecule has 0 heterocycles. The van der Waals surface area contributed by atoms with Gasteiger partial charge in [-0.15, -0.1) is 0 Å². The molecule has 0 spiro atoms. The number of rotatable bonds is 5. The van der Waals surface area contributed by atoms with E-state index < -0.39 is 6.10 Å². The molecule has 0 aliphatic carbocycles. The van der Waals surface area contributed by atoms with Crippen LogP contribution in [0.3, 0.4) is 0 Å². The molecular weight excluding hydrogens is 264 g/mol. The number of nitrogens with zero attached hydrogens (tertiary/aromatic N) is 1. The average Bonchev–Trinajstić information content (AvgIpc) is 2.49. The second-order valence-electron chi connectivity index (χ2n) is 4.67. The first-order valence-corrected chi connectivity index (χ1v) is 6.68. The Balaban J connectivity index is 2.00. The molecule has 21 heavy (non-hydrogen) atoms. The third-order valence-corrected chi connectivity index (χ3v) is 3.01. The highest BCUT2D eigenvalue weighted by atomic mass is 16.5. The third kappa shape index (κ3) is 4.26. The fourth-order valence-electron chi connectivity index (χ4n) is 2.00. The first-order valence-electron chi connectivity index (χ1n) is 6.68. The van der Waals surface area contributed by atoms with Gasteiger partial charge in [-0.1, -0.05) is 60.2 Å². The number of amides is 1. The summed E-state index contributed by atoms with van der Waals surface area (Å²) in [6.45, 7) is 2.01.